The summed E-state index contributed by atoms with van der Waals surface area (Å²) in [5.74, 6) is -0.239. The molecule has 3 atom stereocenters. The maximum absolute atomic E-state index is 12.0. The smallest absolute Gasteiger partial charge is 0.408 e. The van der Waals surface area contributed by atoms with Crippen LogP contribution >= 0.6 is 0 Å². The lowest BCUT2D eigenvalue weighted by Gasteiger charge is -2.22. The number of ether oxygens (including phenoxy) is 1. The summed E-state index contributed by atoms with van der Waals surface area (Å²) in [7, 11) is 0. The van der Waals surface area contributed by atoms with Crippen LogP contribution in [0.5, 0.6) is 0 Å². The van der Waals surface area contributed by atoms with E-state index < -0.39 is 24.1 Å². The summed E-state index contributed by atoms with van der Waals surface area (Å²) in [5, 5.41) is 17.7. The fourth-order valence-electron chi connectivity index (χ4n) is 3.54. The van der Waals surface area contributed by atoms with Crippen LogP contribution in [0.15, 0.2) is 12.1 Å². The van der Waals surface area contributed by atoms with Crippen molar-refractivity contribution < 1.29 is 19.4 Å². The number of nitrogens with one attached hydrogen (secondary N) is 3. The zero-order valence-corrected chi connectivity index (χ0v) is 15.0. The van der Waals surface area contributed by atoms with Crippen LogP contribution in [0.2, 0.25) is 0 Å². The van der Waals surface area contributed by atoms with Crippen LogP contribution in [0.4, 0.5) is 4.79 Å². The van der Waals surface area contributed by atoms with Gasteiger partial charge in [0.05, 0.1) is 6.04 Å². The Morgan fingerprint density at radius 2 is 2.00 bits per heavy atom. The number of carbonyl (C=O) groups is 2. The van der Waals surface area contributed by atoms with E-state index in [1.165, 1.54) is 0 Å². The van der Waals surface area contributed by atoms with E-state index in [0.29, 0.717) is 0 Å². The number of hydrogen-bond donors (Lipinski definition) is 4. The van der Waals surface area contributed by atoms with Gasteiger partial charge in [-0.05, 0) is 62.8 Å². The lowest BCUT2D eigenvalue weighted by molar-refractivity contribution is -0.121. The molecule has 0 aromatic heterocycles. The Kier molecular flexibility index (Phi) is 4.47. The van der Waals surface area contributed by atoms with Gasteiger partial charge in [0.15, 0.2) is 6.35 Å². The van der Waals surface area contributed by atoms with Crippen molar-refractivity contribution in [3.63, 3.8) is 0 Å². The average Bonchev–Trinajstić information content (AvgIpc) is 3.01. The Morgan fingerprint density at radius 1 is 1.32 bits per heavy atom. The molecule has 2 aliphatic rings. The van der Waals surface area contributed by atoms with E-state index in [4.69, 9.17) is 4.74 Å². The Bertz CT molecular complexity index is 711. The Labute approximate surface area is 147 Å². The summed E-state index contributed by atoms with van der Waals surface area (Å²) in [6.45, 7) is 7.47. The van der Waals surface area contributed by atoms with Crippen LogP contribution in [0.3, 0.4) is 0 Å². The molecule has 136 valence electrons. The van der Waals surface area contributed by atoms with Gasteiger partial charge in [0, 0.05) is 0 Å². The van der Waals surface area contributed by atoms with Gasteiger partial charge in [-0.15, -0.1) is 0 Å². The Balaban J connectivity index is 1.79. The lowest BCUT2D eigenvalue weighted by atomic mass is 9.93. The van der Waals surface area contributed by atoms with Crippen molar-refractivity contribution in [2.45, 2.75) is 64.6 Å². The predicted octanol–water partition coefficient (Wildman–Crippen LogP) is 1.54. The van der Waals surface area contributed by atoms with Crippen LogP contribution in [0, 0.1) is 6.92 Å². The predicted molar refractivity (Wildman–Crippen MR) is 91.6 cm³/mol. The summed E-state index contributed by atoms with van der Waals surface area (Å²) >= 11 is 0. The van der Waals surface area contributed by atoms with Gasteiger partial charge in [-0.25, -0.2) is 4.79 Å². The molecule has 0 saturated carbocycles. The maximum atomic E-state index is 12.0. The van der Waals surface area contributed by atoms with Crippen LogP contribution < -0.4 is 16.0 Å². The van der Waals surface area contributed by atoms with E-state index in [0.717, 1.165) is 35.1 Å². The number of fused-ring (bicyclic) bond motifs is 1. The molecule has 0 bridgehead atoms. The van der Waals surface area contributed by atoms with E-state index in [-0.39, 0.29) is 11.9 Å². The molecule has 4 N–H and O–H groups in total. The molecule has 1 aliphatic carbocycles. The minimum absolute atomic E-state index is 0.0893. The van der Waals surface area contributed by atoms with Crippen molar-refractivity contribution in [1.29, 1.82) is 0 Å². The van der Waals surface area contributed by atoms with Crippen LogP contribution in [-0.2, 0) is 16.0 Å². The number of hydrogen-bond acceptors (Lipinski definition) is 5. The van der Waals surface area contributed by atoms with Crippen molar-refractivity contribution >= 4 is 12.0 Å². The third kappa shape index (κ3) is 3.62. The molecule has 7 heteroatoms. The van der Waals surface area contributed by atoms with Gasteiger partial charge in [-0.1, -0.05) is 12.1 Å². The zero-order chi connectivity index (χ0) is 18.4. The molecule has 1 saturated heterocycles. The molecule has 0 radical (unpaired) electrons. The lowest BCUT2D eigenvalue weighted by Crippen LogP contribution is -2.34. The molecule has 2 amide bonds. The van der Waals surface area contributed by atoms with E-state index >= 15 is 0 Å². The molecule has 3 unspecified atom stereocenters. The van der Waals surface area contributed by atoms with Crippen molar-refractivity contribution in [2.24, 2.45) is 0 Å². The van der Waals surface area contributed by atoms with Crippen LogP contribution in [-0.4, -0.2) is 29.1 Å². The van der Waals surface area contributed by atoms with Crippen LogP contribution in [0.25, 0.3) is 0 Å². The molecule has 3 rings (SSSR count). The first-order valence-corrected chi connectivity index (χ1v) is 8.52. The second kappa shape index (κ2) is 6.31. The third-order valence-corrected chi connectivity index (χ3v) is 4.60. The number of aliphatic hydroxyl groups is 1. The molecule has 1 fully saturated rings. The van der Waals surface area contributed by atoms with Gasteiger partial charge in [0.25, 0.3) is 0 Å². The first-order chi connectivity index (χ1) is 11.7. The minimum Gasteiger partial charge on any atom is -0.444 e. The van der Waals surface area contributed by atoms with E-state index in [1.54, 1.807) is 0 Å². The summed E-state index contributed by atoms with van der Waals surface area (Å²) in [6, 6.07) is 3.19. The number of benzene rings is 1. The topological polar surface area (TPSA) is 99.7 Å². The highest BCUT2D eigenvalue weighted by atomic mass is 16.6. The van der Waals surface area contributed by atoms with Gasteiger partial charge in [0.2, 0.25) is 5.91 Å². The summed E-state index contributed by atoms with van der Waals surface area (Å²) in [6.07, 6.45) is 0.178. The Morgan fingerprint density at radius 3 is 2.60 bits per heavy atom. The number of rotatable bonds is 2. The first-order valence-electron chi connectivity index (χ1n) is 8.52. The largest absolute Gasteiger partial charge is 0.444 e. The van der Waals surface area contributed by atoms with E-state index in [9.17, 15) is 14.7 Å². The number of aliphatic hydroxyl groups excluding tert-OH is 1. The quantitative estimate of drug-likeness (QED) is 0.650. The molecular weight excluding hydrogens is 322 g/mol. The highest BCUT2D eigenvalue weighted by molar-refractivity contribution is 5.85. The molecule has 7 nitrogen and oxygen atoms in total. The minimum atomic E-state index is -1.02. The van der Waals surface area contributed by atoms with Gasteiger partial charge >= 0.3 is 6.09 Å². The molecular formula is C18H25N3O4. The van der Waals surface area contributed by atoms with Crippen molar-refractivity contribution in [1.82, 2.24) is 16.0 Å². The molecule has 1 aliphatic heterocycles. The van der Waals surface area contributed by atoms with Gasteiger partial charge in [-0.3, -0.25) is 10.1 Å². The van der Waals surface area contributed by atoms with Crippen LogP contribution in [0.1, 0.15) is 61.5 Å². The first kappa shape index (κ1) is 17.7. The average molecular weight is 347 g/mol. The molecule has 25 heavy (non-hydrogen) atoms. The maximum Gasteiger partial charge on any atom is 0.408 e. The number of carbonyl (C=O) groups excluding carboxylic acids is 2. The fourth-order valence-corrected chi connectivity index (χ4v) is 3.54. The molecule has 1 aromatic carbocycles. The summed E-state index contributed by atoms with van der Waals surface area (Å²) < 4.78 is 5.34. The number of amides is 2. The highest BCUT2D eigenvalue weighted by Crippen LogP contribution is 2.36. The fraction of sp³-hybridized carbons (Fsp3) is 0.556. The van der Waals surface area contributed by atoms with Gasteiger partial charge < -0.3 is 20.5 Å². The van der Waals surface area contributed by atoms with E-state index in [1.807, 2.05) is 39.8 Å². The summed E-state index contributed by atoms with van der Waals surface area (Å²) in [5.41, 5.74) is 3.55. The van der Waals surface area contributed by atoms with Crippen molar-refractivity contribution in [3.8, 4) is 0 Å². The van der Waals surface area contributed by atoms with Crippen molar-refractivity contribution in [2.75, 3.05) is 0 Å². The highest BCUT2D eigenvalue weighted by Gasteiger charge is 2.34. The Hall–Kier alpha value is -2.12. The van der Waals surface area contributed by atoms with Crippen molar-refractivity contribution in [3.05, 3.63) is 34.4 Å². The second-order valence-electron chi connectivity index (χ2n) is 7.60. The van der Waals surface area contributed by atoms with Gasteiger partial charge in [-0.2, -0.15) is 0 Å². The monoisotopic (exact) mass is 347 g/mol. The zero-order valence-electron chi connectivity index (χ0n) is 15.0. The van der Waals surface area contributed by atoms with Gasteiger partial charge in [0.1, 0.15) is 11.6 Å². The number of alkyl carbamates (subject to hydrolysis) is 1. The normalized spacial score (nSPS) is 25.5. The summed E-state index contributed by atoms with van der Waals surface area (Å²) in [4.78, 5) is 24.0. The second-order valence-corrected chi connectivity index (χ2v) is 7.60. The molecule has 1 aromatic rings. The molecule has 0 spiro atoms. The van der Waals surface area contributed by atoms with E-state index in [2.05, 4.69) is 16.0 Å². The standard InChI is InChI=1S/C18H25N3O4/c1-9-10-7-8-13(19-17(24)25-18(2,3)4)12(10)6-5-11(9)14-15(22)21-16(23)20-14/h5-6,13-14,16,20,23H,7-8H2,1-4H3,(H,19,24)(H,21,22). The SMILES string of the molecule is Cc1c(C2NC(O)NC2=O)ccc2c1CCC2NC(=O)OC(C)(C)C. The third-order valence-electron chi connectivity index (χ3n) is 4.60. The molecule has 1 heterocycles.